The molecule has 1 fully saturated rings. The first kappa shape index (κ1) is 8.25. The molecular formula is C8H6N2O2S. The van der Waals surface area contributed by atoms with E-state index in [0.717, 1.165) is 16.7 Å². The molecule has 2 rings (SSSR count). The Balaban J connectivity index is 2.36. The molecule has 0 N–H and O–H groups in total. The van der Waals surface area contributed by atoms with E-state index in [1.165, 1.54) is 6.20 Å². The molecule has 2 amide bonds. The number of rotatable bonds is 1. The standard InChI is InChI=1S/C8H6N2O2S/c11-7-5-13-8(12)10(7)6-2-1-3-9-4-6/h1-4H,5H2. The number of amides is 2. The van der Waals surface area contributed by atoms with Crippen molar-refractivity contribution >= 4 is 28.6 Å². The van der Waals surface area contributed by atoms with Crippen molar-refractivity contribution in [3.8, 4) is 0 Å². The Hall–Kier alpha value is -1.36. The molecule has 1 aromatic rings. The number of imide groups is 1. The second kappa shape index (κ2) is 3.18. The maximum atomic E-state index is 11.2. The lowest BCUT2D eigenvalue weighted by Crippen LogP contribution is -2.28. The molecule has 1 aromatic heterocycles. The smallest absolute Gasteiger partial charge is 0.273 e. The van der Waals surface area contributed by atoms with E-state index in [9.17, 15) is 9.59 Å². The lowest BCUT2D eigenvalue weighted by molar-refractivity contribution is -0.115. The zero-order valence-electron chi connectivity index (χ0n) is 6.64. The Labute approximate surface area is 78.9 Å². The van der Waals surface area contributed by atoms with Crippen LogP contribution in [0.5, 0.6) is 0 Å². The Morgan fingerprint density at radius 1 is 1.46 bits per heavy atom. The number of carbonyl (C=O) groups excluding carboxylic acids is 2. The lowest BCUT2D eigenvalue weighted by atomic mass is 10.4. The predicted molar refractivity (Wildman–Crippen MR) is 49.6 cm³/mol. The van der Waals surface area contributed by atoms with Gasteiger partial charge in [-0.1, -0.05) is 11.8 Å². The van der Waals surface area contributed by atoms with E-state index in [1.807, 2.05) is 0 Å². The molecule has 0 aliphatic carbocycles. The SMILES string of the molecule is O=C1CSC(=O)N1c1cccnc1. The minimum atomic E-state index is -0.224. The number of aromatic nitrogens is 1. The molecule has 0 spiro atoms. The summed E-state index contributed by atoms with van der Waals surface area (Å²) in [6.45, 7) is 0. The molecule has 0 radical (unpaired) electrons. The van der Waals surface area contributed by atoms with E-state index in [-0.39, 0.29) is 16.9 Å². The number of nitrogens with zero attached hydrogens (tertiary/aromatic N) is 2. The first-order chi connectivity index (χ1) is 6.29. The Morgan fingerprint density at radius 2 is 2.31 bits per heavy atom. The van der Waals surface area contributed by atoms with Gasteiger partial charge in [0, 0.05) is 6.20 Å². The van der Waals surface area contributed by atoms with Crippen LogP contribution in [-0.2, 0) is 4.79 Å². The summed E-state index contributed by atoms with van der Waals surface area (Å²) in [5.41, 5.74) is 0.544. The van der Waals surface area contributed by atoms with E-state index in [0.29, 0.717) is 5.69 Å². The molecule has 4 nitrogen and oxygen atoms in total. The largest absolute Gasteiger partial charge is 0.293 e. The van der Waals surface area contributed by atoms with E-state index in [2.05, 4.69) is 4.98 Å². The molecule has 1 saturated heterocycles. The van der Waals surface area contributed by atoms with Gasteiger partial charge in [-0.25, -0.2) is 4.90 Å². The summed E-state index contributed by atoms with van der Waals surface area (Å²) < 4.78 is 0. The van der Waals surface area contributed by atoms with Crippen LogP contribution >= 0.6 is 11.8 Å². The average Bonchev–Trinajstić information content (AvgIpc) is 2.48. The van der Waals surface area contributed by atoms with Crippen molar-refractivity contribution in [3.63, 3.8) is 0 Å². The Kier molecular flexibility index (Phi) is 2.02. The van der Waals surface area contributed by atoms with E-state index >= 15 is 0 Å². The highest BCUT2D eigenvalue weighted by atomic mass is 32.2. The van der Waals surface area contributed by atoms with Gasteiger partial charge in [0.05, 0.1) is 17.6 Å². The highest BCUT2D eigenvalue weighted by Crippen LogP contribution is 2.24. The summed E-state index contributed by atoms with van der Waals surface area (Å²) >= 11 is 1.02. The number of hydrogen-bond acceptors (Lipinski definition) is 4. The minimum Gasteiger partial charge on any atom is -0.273 e. The molecule has 2 heterocycles. The zero-order chi connectivity index (χ0) is 9.26. The van der Waals surface area contributed by atoms with Gasteiger partial charge < -0.3 is 0 Å². The monoisotopic (exact) mass is 194 g/mol. The average molecular weight is 194 g/mol. The van der Waals surface area contributed by atoms with Crippen LogP contribution in [-0.4, -0.2) is 21.9 Å². The maximum Gasteiger partial charge on any atom is 0.293 e. The zero-order valence-corrected chi connectivity index (χ0v) is 7.45. The van der Waals surface area contributed by atoms with Gasteiger partial charge in [0.15, 0.2) is 0 Å². The van der Waals surface area contributed by atoms with Crippen molar-refractivity contribution in [2.24, 2.45) is 0 Å². The van der Waals surface area contributed by atoms with Gasteiger partial charge in [0.25, 0.3) is 5.24 Å². The van der Waals surface area contributed by atoms with Crippen LogP contribution in [0.25, 0.3) is 0 Å². The predicted octanol–water partition coefficient (Wildman–Crippen LogP) is 1.28. The second-order valence-corrected chi connectivity index (χ2v) is 3.42. The topological polar surface area (TPSA) is 50.3 Å². The summed E-state index contributed by atoms with van der Waals surface area (Å²) in [6.07, 6.45) is 3.10. The third-order valence-electron chi connectivity index (χ3n) is 1.66. The van der Waals surface area contributed by atoms with Crippen molar-refractivity contribution < 1.29 is 9.59 Å². The minimum absolute atomic E-state index is 0.178. The molecule has 0 unspecified atom stereocenters. The van der Waals surface area contributed by atoms with Crippen molar-refractivity contribution in [2.75, 3.05) is 10.7 Å². The quantitative estimate of drug-likeness (QED) is 0.675. The molecule has 0 bridgehead atoms. The number of hydrogen-bond donors (Lipinski definition) is 0. The van der Waals surface area contributed by atoms with Crippen LogP contribution in [0.4, 0.5) is 10.5 Å². The number of carbonyl (C=O) groups is 2. The van der Waals surface area contributed by atoms with Gasteiger partial charge in [-0.15, -0.1) is 0 Å². The van der Waals surface area contributed by atoms with Crippen molar-refractivity contribution in [3.05, 3.63) is 24.5 Å². The fourth-order valence-electron chi connectivity index (χ4n) is 1.09. The van der Waals surface area contributed by atoms with Crippen LogP contribution < -0.4 is 4.90 Å². The maximum absolute atomic E-state index is 11.2. The molecule has 13 heavy (non-hydrogen) atoms. The van der Waals surface area contributed by atoms with Gasteiger partial charge in [-0.2, -0.15) is 0 Å². The molecule has 0 atom stereocenters. The van der Waals surface area contributed by atoms with Gasteiger partial charge >= 0.3 is 0 Å². The van der Waals surface area contributed by atoms with Crippen molar-refractivity contribution in [1.29, 1.82) is 0 Å². The third kappa shape index (κ3) is 1.42. The Bertz CT molecular complexity index is 336. The van der Waals surface area contributed by atoms with Crippen LogP contribution in [0.3, 0.4) is 0 Å². The third-order valence-corrected chi connectivity index (χ3v) is 2.48. The lowest BCUT2D eigenvalue weighted by Gasteiger charge is -2.10. The molecule has 1 aliphatic heterocycles. The first-order valence-electron chi connectivity index (χ1n) is 3.69. The van der Waals surface area contributed by atoms with Crippen LogP contribution in [0.1, 0.15) is 0 Å². The van der Waals surface area contributed by atoms with Gasteiger partial charge in [0.1, 0.15) is 0 Å². The van der Waals surface area contributed by atoms with Gasteiger partial charge in [-0.05, 0) is 12.1 Å². The van der Waals surface area contributed by atoms with Crippen LogP contribution in [0.2, 0.25) is 0 Å². The molecule has 1 aliphatic rings. The number of thioether (sulfide) groups is 1. The fraction of sp³-hybridized carbons (Fsp3) is 0.125. The fourth-order valence-corrected chi connectivity index (χ4v) is 1.80. The van der Waals surface area contributed by atoms with Crippen LogP contribution in [0, 0.1) is 0 Å². The highest BCUT2D eigenvalue weighted by molar-refractivity contribution is 8.15. The molecule has 5 heteroatoms. The summed E-state index contributed by atoms with van der Waals surface area (Å²) in [5, 5.41) is -0.224. The van der Waals surface area contributed by atoms with Gasteiger partial charge in [-0.3, -0.25) is 14.6 Å². The molecular weight excluding hydrogens is 188 g/mol. The van der Waals surface area contributed by atoms with Gasteiger partial charge in [0.2, 0.25) is 5.91 Å². The summed E-state index contributed by atoms with van der Waals surface area (Å²) in [7, 11) is 0. The number of pyridine rings is 1. The summed E-state index contributed by atoms with van der Waals surface area (Å²) in [6, 6.07) is 3.38. The van der Waals surface area contributed by atoms with Crippen molar-refractivity contribution in [2.45, 2.75) is 0 Å². The van der Waals surface area contributed by atoms with Crippen LogP contribution in [0.15, 0.2) is 24.5 Å². The van der Waals surface area contributed by atoms with E-state index in [4.69, 9.17) is 0 Å². The number of anilines is 1. The summed E-state index contributed by atoms with van der Waals surface area (Å²) in [5.74, 6) is 0.0521. The van der Waals surface area contributed by atoms with E-state index in [1.54, 1.807) is 18.3 Å². The summed E-state index contributed by atoms with van der Waals surface area (Å²) in [4.78, 5) is 27.5. The van der Waals surface area contributed by atoms with Crippen molar-refractivity contribution in [1.82, 2.24) is 4.98 Å². The Morgan fingerprint density at radius 3 is 2.85 bits per heavy atom. The second-order valence-electron chi connectivity index (χ2n) is 2.49. The highest BCUT2D eigenvalue weighted by Gasteiger charge is 2.31. The molecule has 0 saturated carbocycles. The normalized spacial score (nSPS) is 16.8. The van der Waals surface area contributed by atoms with E-state index < -0.39 is 0 Å². The molecule has 66 valence electrons. The molecule has 0 aromatic carbocycles. The first-order valence-corrected chi connectivity index (χ1v) is 4.67.